The van der Waals surface area contributed by atoms with Gasteiger partial charge in [-0.2, -0.15) is 0 Å². The number of nitrogens with zero attached hydrogens (tertiary/aromatic N) is 3. The van der Waals surface area contributed by atoms with E-state index < -0.39 is 5.97 Å². The van der Waals surface area contributed by atoms with Crippen LogP contribution < -0.4 is 15.8 Å². The standard InChI is InChI=1S/C17H17N3O3S2/c21-15(22)8-2-1-5-9-20-16(23)13(25-17(20)24)10-14-18-11-6-3-4-7-12(11)19-14/h3-4,6-7,10,23H,1-2,5,8-9H2,(H,21,22)/p-1. The number of hydrogen-bond donors (Lipinski definition) is 1. The monoisotopic (exact) mass is 374 g/mol. The summed E-state index contributed by atoms with van der Waals surface area (Å²) in [7, 11) is 0. The van der Waals surface area contributed by atoms with Gasteiger partial charge in [0.25, 0.3) is 0 Å². The molecule has 0 aliphatic carbocycles. The molecule has 1 aliphatic rings. The maximum atomic E-state index is 10.4. The van der Waals surface area contributed by atoms with Gasteiger partial charge in [0.1, 0.15) is 0 Å². The molecule has 0 spiro atoms. The van der Waals surface area contributed by atoms with Crippen LogP contribution in [0.15, 0.2) is 40.1 Å². The average Bonchev–Trinajstić information content (AvgIpc) is 3.09. The summed E-state index contributed by atoms with van der Waals surface area (Å²) in [6, 6.07) is 7.58. The second-order valence-electron chi connectivity index (χ2n) is 5.60. The molecule has 6 nitrogen and oxygen atoms in total. The van der Waals surface area contributed by atoms with E-state index in [9.17, 15) is 15.0 Å². The van der Waals surface area contributed by atoms with E-state index in [0.717, 1.165) is 23.6 Å². The number of unbranched alkanes of at least 4 members (excludes halogenated alkanes) is 2. The predicted octanol–water partition coefficient (Wildman–Crippen LogP) is 1.55. The van der Waals surface area contributed by atoms with Crippen LogP contribution in [0, 0.1) is 3.95 Å². The Labute approximate surface area is 153 Å². The first-order valence-electron chi connectivity index (χ1n) is 7.91. The highest BCUT2D eigenvalue weighted by atomic mass is 32.1. The molecule has 0 atom stereocenters. The molecule has 3 rings (SSSR count). The zero-order chi connectivity index (χ0) is 17.8. The van der Waals surface area contributed by atoms with Gasteiger partial charge in [-0.05, 0) is 43.6 Å². The number of carboxylic acid groups (broad SMARTS) is 1. The van der Waals surface area contributed by atoms with Gasteiger partial charge in [0.15, 0.2) is 9.78 Å². The molecule has 1 aliphatic heterocycles. The molecule has 8 heteroatoms. The minimum Gasteiger partial charge on any atom is -0.550 e. The highest BCUT2D eigenvalue weighted by Crippen LogP contribution is 2.29. The summed E-state index contributed by atoms with van der Waals surface area (Å²) < 4.78 is 2.23. The van der Waals surface area contributed by atoms with E-state index in [-0.39, 0.29) is 12.3 Å². The van der Waals surface area contributed by atoms with Gasteiger partial charge < -0.3 is 15.0 Å². The lowest BCUT2D eigenvalue weighted by atomic mass is 10.2. The van der Waals surface area contributed by atoms with Crippen LogP contribution in [0.3, 0.4) is 0 Å². The summed E-state index contributed by atoms with van der Waals surface area (Å²) in [6.45, 7) is 0.548. The van der Waals surface area contributed by atoms with E-state index in [1.807, 2.05) is 24.3 Å². The second kappa shape index (κ2) is 7.71. The van der Waals surface area contributed by atoms with Crippen molar-refractivity contribution in [2.45, 2.75) is 32.2 Å². The van der Waals surface area contributed by atoms with Crippen LogP contribution in [0.2, 0.25) is 0 Å². The normalized spacial score (nSPS) is 12.4. The molecule has 0 radical (unpaired) electrons. The predicted molar refractivity (Wildman–Crippen MR) is 95.0 cm³/mol. The Morgan fingerprint density at radius 1 is 1.24 bits per heavy atom. The summed E-state index contributed by atoms with van der Waals surface area (Å²) in [5.74, 6) is -0.397. The highest BCUT2D eigenvalue weighted by molar-refractivity contribution is 7.73. The third-order valence-corrected chi connectivity index (χ3v) is 5.15. The van der Waals surface area contributed by atoms with Gasteiger partial charge in [-0.3, -0.25) is 4.57 Å². The van der Waals surface area contributed by atoms with Gasteiger partial charge >= 0.3 is 0 Å². The minimum absolute atomic E-state index is 0.0575. The first kappa shape index (κ1) is 17.5. The van der Waals surface area contributed by atoms with E-state index in [4.69, 9.17) is 12.2 Å². The Morgan fingerprint density at radius 3 is 2.56 bits per heavy atom. The van der Waals surface area contributed by atoms with Gasteiger partial charge in [0, 0.05) is 18.6 Å². The van der Waals surface area contributed by atoms with Gasteiger partial charge in [-0.25, -0.2) is 9.98 Å². The van der Waals surface area contributed by atoms with Gasteiger partial charge in [0.2, 0.25) is 5.88 Å². The largest absolute Gasteiger partial charge is 0.550 e. The number of para-hydroxylation sites is 2. The molecule has 2 aromatic rings. The highest BCUT2D eigenvalue weighted by Gasteiger charge is 2.12. The van der Waals surface area contributed by atoms with E-state index in [0.29, 0.717) is 27.6 Å². The van der Waals surface area contributed by atoms with Crippen LogP contribution in [0.5, 0.6) is 5.88 Å². The van der Waals surface area contributed by atoms with Gasteiger partial charge in [0.05, 0.1) is 15.6 Å². The quantitative estimate of drug-likeness (QED) is 0.588. The maximum Gasteiger partial charge on any atom is 0.210 e. The number of thiazole rings is 1. The number of fused-ring (bicyclic) bond motifs is 1. The SMILES string of the molecule is O=C([O-])CCCCCn1c(O)c(C=C2N=c3ccccc3=N2)sc1=S. The Kier molecular flexibility index (Phi) is 5.40. The lowest BCUT2D eigenvalue weighted by Crippen LogP contribution is -2.21. The van der Waals surface area contributed by atoms with Crippen molar-refractivity contribution in [2.75, 3.05) is 0 Å². The van der Waals surface area contributed by atoms with Crippen LogP contribution in [0.25, 0.3) is 6.08 Å². The number of aliphatic carboxylic acids is 1. The fraction of sp³-hybridized carbons (Fsp3) is 0.294. The number of carbonyl (C=O) groups is 1. The molecule has 2 heterocycles. The number of aromatic nitrogens is 1. The number of carboxylic acids is 1. The van der Waals surface area contributed by atoms with Crippen molar-refractivity contribution in [1.29, 1.82) is 0 Å². The Morgan fingerprint density at radius 2 is 1.92 bits per heavy atom. The molecule has 1 aromatic carbocycles. The number of benzene rings is 1. The van der Waals surface area contributed by atoms with Crippen molar-refractivity contribution >= 4 is 35.6 Å². The number of rotatable bonds is 7. The zero-order valence-corrected chi connectivity index (χ0v) is 15.0. The van der Waals surface area contributed by atoms with Gasteiger partial charge in [-0.1, -0.05) is 18.6 Å². The fourth-order valence-corrected chi connectivity index (χ4v) is 3.82. The van der Waals surface area contributed by atoms with Crippen LogP contribution >= 0.6 is 23.6 Å². The molecule has 25 heavy (non-hydrogen) atoms. The third kappa shape index (κ3) is 4.21. The third-order valence-electron chi connectivity index (χ3n) is 3.77. The molecule has 1 N–H and O–H groups in total. The summed E-state index contributed by atoms with van der Waals surface area (Å²) >= 11 is 6.62. The molecular formula is C17H16N3O3S2-. The smallest absolute Gasteiger partial charge is 0.210 e. The molecule has 0 unspecified atom stereocenters. The molecule has 0 fully saturated rings. The first-order chi connectivity index (χ1) is 12.0. The van der Waals surface area contributed by atoms with Crippen molar-refractivity contribution in [1.82, 2.24) is 4.57 Å². The maximum absolute atomic E-state index is 10.4. The van der Waals surface area contributed by atoms with Crippen molar-refractivity contribution in [3.63, 3.8) is 0 Å². The topological polar surface area (TPSA) is 90.0 Å². The van der Waals surface area contributed by atoms with Crippen LogP contribution in [-0.4, -0.2) is 15.6 Å². The average molecular weight is 374 g/mol. The molecule has 0 bridgehead atoms. The van der Waals surface area contributed by atoms with E-state index >= 15 is 0 Å². The molecule has 0 amide bonds. The van der Waals surface area contributed by atoms with Crippen LogP contribution in [0.1, 0.15) is 30.6 Å². The second-order valence-corrected chi connectivity index (χ2v) is 7.28. The van der Waals surface area contributed by atoms with E-state index in [1.54, 1.807) is 10.6 Å². The van der Waals surface area contributed by atoms with E-state index in [2.05, 4.69) is 9.98 Å². The van der Waals surface area contributed by atoms with Crippen molar-refractivity contribution in [3.05, 3.63) is 49.6 Å². The number of aromatic hydroxyl groups is 1. The lowest BCUT2D eigenvalue weighted by molar-refractivity contribution is -0.305. The summed E-state index contributed by atoms with van der Waals surface area (Å²) in [6.07, 6.45) is 3.82. The molecule has 0 saturated carbocycles. The van der Waals surface area contributed by atoms with Crippen LogP contribution in [0.4, 0.5) is 0 Å². The van der Waals surface area contributed by atoms with Crippen LogP contribution in [-0.2, 0) is 11.3 Å². The Hall–Kier alpha value is -2.32. The van der Waals surface area contributed by atoms with Crippen molar-refractivity contribution in [2.24, 2.45) is 9.98 Å². The van der Waals surface area contributed by atoms with Crippen molar-refractivity contribution < 1.29 is 15.0 Å². The molecular weight excluding hydrogens is 358 g/mol. The number of hydrogen-bond acceptors (Lipinski definition) is 7. The molecule has 1 aromatic heterocycles. The van der Waals surface area contributed by atoms with E-state index in [1.165, 1.54) is 11.3 Å². The molecule has 130 valence electrons. The fourth-order valence-electron chi connectivity index (χ4n) is 2.53. The lowest BCUT2D eigenvalue weighted by Gasteiger charge is -2.05. The summed E-state index contributed by atoms with van der Waals surface area (Å²) in [5.41, 5.74) is 0. The minimum atomic E-state index is -1.03. The summed E-state index contributed by atoms with van der Waals surface area (Å²) in [4.78, 5) is 19.8. The molecule has 0 saturated heterocycles. The Balaban J connectivity index is 1.72. The Bertz CT molecular complexity index is 968. The first-order valence-corrected chi connectivity index (χ1v) is 9.14. The van der Waals surface area contributed by atoms with Crippen molar-refractivity contribution in [3.8, 4) is 5.88 Å². The zero-order valence-electron chi connectivity index (χ0n) is 13.3. The number of carbonyl (C=O) groups excluding carboxylic acids is 1. The van der Waals surface area contributed by atoms with Gasteiger partial charge in [-0.15, -0.1) is 11.3 Å². The summed E-state index contributed by atoms with van der Waals surface area (Å²) in [5, 5.41) is 22.4.